The summed E-state index contributed by atoms with van der Waals surface area (Å²) in [4.78, 5) is 3.71. The van der Waals surface area contributed by atoms with Crippen LogP contribution in [0, 0.1) is 11.8 Å². The van der Waals surface area contributed by atoms with Gasteiger partial charge in [-0.1, -0.05) is 69.0 Å². The van der Waals surface area contributed by atoms with Gasteiger partial charge < -0.3 is 14.4 Å². The van der Waals surface area contributed by atoms with Crippen LogP contribution in [-0.4, -0.2) is 20.8 Å². The molecule has 0 spiro atoms. The number of benzene rings is 2. The number of hydrogen-bond donors (Lipinski definition) is 0. The minimum Gasteiger partial charge on any atom is -0.497 e. The number of methoxy groups -OCH3 is 2. The maximum atomic E-state index is 5.49. The number of fused-ring (bicyclic) bond motifs is 2. The summed E-state index contributed by atoms with van der Waals surface area (Å²) in [5.41, 5.74) is 2.49. The van der Waals surface area contributed by atoms with E-state index in [1.54, 1.807) is 14.2 Å². The number of anilines is 1. The van der Waals surface area contributed by atoms with Crippen molar-refractivity contribution >= 4 is 45.1 Å². The lowest BCUT2D eigenvalue weighted by Crippen LogP contribution is -2.35. The molecule has 4 rings (SSSR count). The van der Waals surface area contributed by atoms with Crippen LogP contribution in [0.15, 0.2) is 70.6 Å². The van der Waals surface area contributed by atoms with Crippen LogP contribution in [0.25, 0.3) is 16.3 Å². The summed E-state index contributed by atoms with van der Waals surface area (Å²) in [7, 11) is 3.46. The zero-order valence-corrected chi connectivity index (χ0v) is 24.5. The van der Waals surface area contributed by atoms with Gasteiger partial charge in [-0.3, -0.25) is 0 Å². The first kappa shape index (κ1) is 27.3. The van der Waals surface area contributed by atoms with E-state index in [1.807, 2.05) is 35.2 Å². The Morgan fingerprint density at radius 2 is 1.62 bits per heavy atom. The van der Waals surface area contributed by atoms with E-state index in [9.17, 15) is 0 Å². The van der Waals surface area contributed by atoms with Crippen LogP contribution >= 0.6 is 23.1 Å². The van der Waals surface area contributed by atoms with E-state index in [-0.39, 0.29) is 0 Å². The molecule has 0 fully saturated rings. The summed E-state index contributed by atoms with van der Waals surface area (Å²) in [5, 5.41) is 2.52. The first-order valence-corrected chi connectivity index (χ1v) is 14.7. The van der Waals surface area contributed by atoms with E-state index in [4.69, 9.17) is 9.47 Å². The monoisotopic (exact) mass is 535 g/mol. The maximum absolute atomic E-state index is 5.49. The number of allylic oxidation sites excluding steroid dienone is 4. The number of ether oxygens (including phenoxy) is 2. The molecule has 2 heterocycles. The predicted molar refractivity (Wildman–Crippen MR) is 160 cm³/mol. The molecule has 0 amide bonds. The molecular formula is C31H39N2O2S2+. The first-order chi connectivity index (χ1) is 17.9. The fraction of sp³-hybridized carbons (Fsp3) is 0.387. The van der Waals surface area contributed by atoms with Gasteiger partial charge in [0, 0.05) is 30.0 Å². The molecule has 1 aliphatic rings. The van der Waals surface area contributed by atoms with Crippen LogP contribution in [0.5, 0.6) is 11.5 Å². The zero-order valence-electron chi connectivity index (χ0n) is 22.9. The third-order valence-corrected chi connectivity index (χ3v) is 8.70. The molecule has 1 aliphatic heterocycles. The molecule has 3 aromatic rings. The highest BCUT2D eigenvalue weighted by Gasteiger charge is 2.25. The number of thioether (sulfide) groups is 1. The Morgan fingerprint density at radius 3 is 2.35 bits per heavy atom. The Hall–Kier alpha value is -2.70. The first-order valence-electron chi connectivity index (χ1n) is 13.1. The second-order valence-electron chi connectivity index (χ2n) is 10.1. The topological polar surface area (TPSA) is 25.6 Å². The summed E-state index contributed by atoms with van der Waals surface area (Å²) in [6.45, 7) is 11.1. The molecule has 0 saturated carbocycles. The van der Waals surface area contributed by atoms with Gasteiger partial charge in [0.05, 0.1) is 31.0 Å². The second kappa shape index (κ2) is 12.7. The molecule has 0 bridgehead atoms. The minimum absolute atomic E-state index is 0.656. The van der Waals surface area contributed by atoms with E-state index in [0.29, 0.717) is 11.8 Å². The lowest BCUT2D eigenvalue weighted by atomic mass is 10.1. The smallest absolute Gasteiger partial charge is 0.262 e. The molecule has 1 aromatic heterocycles. The number of thiazole rings is 1. The van der Waals surface area contributed by atoms with Gasteiger partial charge in [0.1, 0.15) is 16.2 Å². The van der Waals surface area contributed by atoms with Crippen molar-refractivity contribution in [3.8, 4) is 11.5 Å². The fourth-order valence-corrected chi connectivity index (χ4v) is 6.40. The molecule has 6 heteroatoms. The van der Waals surface area contributed by atoms with Crippen molar-refractivity contribution < 1.29 is 14.0 Å². The molecule has 0 N–H and O–H groups in total. The molecule has 196 valence electrons. The Morgan fingerprint density at radius 1 is 0.892 bits per heavy atom. The van der Waals surface area contributed by atoms with Crippen LogP contribution in [0.4, 0.5) is 5.69 Å². The quantitative estimate of drug-likeness (QED) is 0.182. The Bertz CT molecular complexity index is 1300. The maximum Gasteiger partial charge on any atom is 0.262 e. The number of hydrogen-bond acceptors (Lipinski definition) is 5. The van der Waals surface area contributed by atoms with Crippen molar-refractivity contribution in [1.82, 2.24) is 0 Å². The van der Waals surface area contributed by atoms with Gasteiger partial charge in [0.15, 0.2) is 6.54 Å². The van der Waals surface area contributed by atoms with Crippen molar-refractivity contribution in [3.63, 3.8) is 0 Å². The van der Waals surface area contributed by atoms with Crippen LogP contribution in [0.2, 0.25) is 0 Å². The summed E-state index contributed by atoms with van der Waals surface area (Å²) in [5.74, 6) is 3.12. The molecule has 0 saturated heterocycles. The van der Waals surface area contributed by atoms with Gasteiger partial charge in [-0.25, -0.2) is 0 Å². The molecule has 0 radical (unpaired) electrons. The minimum atomic E-state index is 0.656. The third-order valence-electron chi connectivity index (χ3n) is 6.43. The van der Waals surface area contributed by atoms with Crippen molar-refractivity contribution in [2.75, 3.05) is 25.7 Å². The lowest BCUT2D eigenvalue weighted by molar-refractivity contribution is -0.669. The summed E-state index contributed by atoms with van der Waals surface area (Å²) < 4.78 is 14.7. The van der Waals surface area contributed by atoms with Gasteiger partial charge in [-0.05, 0) is 48.6 Å². The molecule has 0 unspecified atom stereocenters. The van der Waals surface area contributed by atoms with Gasteiger partial charge in [-0.2, -0.15) is 4.57 Å². The Kier molecular flexibility index (Phi) is 9.38. The molecule has 0 aliphatic carbocycles. The SMILES string of the molecule is COc1ccc2c(c1)N(CCC(C)C)/C(=C/C=C/C=C/c1sc3ccc(OC)cc3[n+]1CCC(C)C)S2. The number of nitrogens with zero attached hydrogens (tertiary/aromatic N) is 2. The average Bonchev–Trinajstić information content (AvgIpc) is 3.41. The molecule has 4 nitrogen and oxygen atoms in total. The molecule has 0 atom stereocenters. The summed E-state index contributed by atoms with van der Waals surface area (Å²) in [6.07, 6.45) is 13.2. The van der Waals surface area contributed by atoms with Crippen LogP contribution in [0.3, 0.4) is 0 Å². The lowest BCUT2D eigenvalue weighted by Gasteiger charge is -2.21. The summed E-state index contributed by atoms with van der Waals surface area (Å²) in [6, 6.07) is 12.7. The third kappa shape index (κ3) is 6.79. The van der Waals surface area contributed by atoms with Crippen LogP contribution < -0.4 is 18.9 Å². The number of rotatable bonds is 11. The van der Waals surface area contributed by atoms with E-state index >= 15 is 0 Å². The standard InChI is InChI=1S/C31H39N2O2S2/c1-22(2)16-18-32-26-20-24(34-5)12-14-28(26)36-30(32)10-8-7-9-11-31-33(19-17-23(3)4)27-21-25(35-6)13-15-29(27)37-31/h7-15,20-23H,16-19H2,1-6H3/q+1. The highest BCUT2D eigenvalue weighted by atomic mass is 32.2. The van der Waals surface area contributed by atoms with Crippen molar-refractivity contribution in [1.29, 1.82) is 0 Å². The van der Waals surface area contributed by atoms with Crippen LogP contribution in [0.1, 0.15) is 45.5 Å². The average molecular weight is 536 g/mol. The van der Waals surface area contributed by atoms with Crippen molar-refractivity contribution in [2.24, 2.45) is 11.8 Å². The highest BCUT2D eigenvalue weighted by Crippen LogP contribution is 2.47. The molecular weight excluding hydrogens is 496 g/mol. The van der Waals surface area contributed by atoms with E-state index in [1.165, 1.54) is 30.8 Å². The molecule has 2 aromatic carbocycles. The van der Waals surface area contributed by atoms with Gasteiger partial charge in [-0.15, -0.1) is 0 Å². The van der Waals surface area contributed by atoms with E-state index in [2.05, 4.69) is 91.8 Å². The Balaban J connectivity index is 1.55. The zero-order chi connectivity index (χ0) is 26.4. The van der Waals surface area contributed by atoms with Gasteiger partial charge >= 0.3 is 0 Å². The van der Waals surface area contributed by atoms with Crippen molar-refractivity contribution in [3.05, 3.63) is 70.7 Å². The second-order valence-corrected chi connectivity index (χ2v) is 12.3. The largest absolute Gasteiger partial charge is 0.497 e. The fourth-order valence-electron chi connectivity index (χ4n) is 4.24. The summed E-state index contributed by atoms with van der Waals surface area (Å²) >= 11 is 3.66. The number of aryl methyl sites for hydroxylation is 1. The number of aromatic nitrogens is 1. The van der Waals surface area contributed by atoms with E-state index < -0.39 is 0 Å². The highest BCUT2D eigenvalue weighted by molar-refractivity contribution is 8.03. The van der Waals surface area contributed by atoms with Crippen LogP contribution in [-0.2, 0) is 6.54 Å². The van der Waals surface area contributed by atoms with Crippen molar-refractivity contribution in [2.45, 2.75) is 52.0 Å². The van der Waals surface area contributed by atoms with Gasteiger partial charge in [0.2, 0.25) is 5.52 Å². The normalized spacial score (nSPS) is 14.8. The predicted octanol–water partition coefficient (Wildman–Crippen LogP) is 8.32. The molecule has 37 heavy (non-hydrogen) atoms. The Labute approximate surface area is 230 Å². The van der Waals surface area contributed by atoms with E-state index in [0.717, 1.165) is 37.4 Å². The van der Waals surface area contributed by atoms with Gasteiger partial charge in [0.25, 0.3) is 5.01 Å².